The van der Waals surface area contributed by atoms with Crippen LogP contribution in [-0.4, -0.2) is 34.6 Å². The molecule has 20 heavy (non-hydrogen) atoms. The summed E-state index contributed by atoms with van der Waals surface area (Å²) < 4.78 is 36.2. The average molecular weight is 288 g/mol. The van der Waals surface area contributed by atoms with Crippen molar-refractivity contribution in [1.82, 2.24) is 9.97 Å². The fourth-order valence-electron chi connectivity index (χ4n) is 1.20. The second kappa shape index (κ2) is 6.36. The number of halogens is 2. The molecule has 0 aliphatic rings. The van der Waals surface area contributed by atoms with E-state index in [2.05, 4.69) is 14.7 Å². The molecule has 0 unspecified atom stereocenters. The first-order chi connectivity index (χ1) is 9.28. The monoisotopic (exact) mass is 288 g/mol. The average Bonchev–Trinajstić information content (AvgIpc) is 2.38. The van der Waals surface area contributed by atoms with E-state index < -0.39 is 23.6 Å². The van der Waals surface area contributed by atoms with Crippen LogP contribution in [0.4, 0.5) is 8.78 Å². The summed E-state index contributed by atoms with van der Waals surface area (Å²) in [6.45, 7) is 4.49. The lowest BCUT2D eigenvalue weighted by atomic mass is 10.2. The topological polar surface area (TPSA) is 78.4 Å². The molecule has 0 atom stereocenters. The van der Waals surface area contributed by atoms with Crippen molar-refractivity contribution in [2.45, 2.75) is 32.8 Å². The van der Waals surface area contributed by atoms with Crippen LogP contribution in [0.1, 0.15) is 37.0 Å². The summed E-state index contributed by atoms with van der Waals surface area (Å²) in [5, 5.41) is 0. The van der Waals surface area contributed by atoms with Gasteiger partial charge in [-0.15, -0.1) is 0 Å². The predicted octanol–water partition coefficient (Wildman–Crippen LogP) is 1.70. The maximum atomic E-state index is 13.6. The highest BCUT2D eigenvalue weighted by Crippen LogP contribution is 2.27. The van der Waals surface area contributed by atoms with Crippen molar-refractivity contribution in [2.24, 2.45) is 0 Å². The van der Waals surface area contributed by atoms with Gasteiger partial charge in [0.1, 0.15) is 5.69 Å². The molecule has 110 valence electrons. The van der Waals surface area contributed by atoms with Crippen molar-refractivity contribution >= 4 is 11.9 Å². The molecule has 0 saturated heterocycles. The van der Waals surface area contributed by atoms with Gasteiger partial charge in [-0.25, -0.2) is 14.6 Å². The minimum atomic E-state index is -3.91. The van der Waals surface area contributed by atoms with Crippen LogP contribution in [0.3, 0.4) is 0 Å². The first-order valence-electron chi connectivity index (χ1n) is 5.87. The van der Waals surface area contributed by atoms with E-state index in [0.29, 0.717) is 6.20 Å². The van der Waals surface area contributed by atoms with Crippen LogP contribution in [-0.2, 0) is 20.2 Å². The number of ether oxygens (including phenoxy) is 2. The molecular weight excluding hydrogens is 274 g/mol. The zero-order valence-electron chi connectivity index (χ0n) is 11.2. The standard InChI is InChI=1S/C12H14F2N2O4/c1-4-19-11(18)12(13,14)9-6-15-8(5-16-9)10(17)20-7(2)3/h5-7H,4H2,1-3H3. The van der Waals surface area contributed by atoms with E-state index in [4.69, 9.17) is 4.74 Å². The molecule has 0 radical (unpaired) electrons. The van der Waals surface area contributed by atoms with Crippen molar-refractivity contribution in [3.05, 3.63) is 23.8 Å². The van der Waals surface area contributed by atoms with E-state index in [0.717, 1.165) is 6.20 Å². The van der Waals surface area contributed by atoms with E-state index in [1.54, 1.807) is 13.8 Å². The van der Waals surface area contributed by atoms with E-state index in [1.807, 2.05) is 0 Å². The number of hydrogen-bond acceptors (Lipinski definition) is 6. The van der Waals surface area contributed by atoms with E-state index in [-0.39, 0.29) is 18.4 Å². The highest BCUT2D eigenvalue weighted by Gasteiger charge is 2.44. The third-order valence-corrected chi connectivity index (χ3v) is 2.06. The van der Waals surface area contributed by atoms with Crippen LogP contribution < -0.4 is 0 Å². The molecule has 0 bridgehead atoms. The van der Waals surface area contributed by atoms with Gasteiger partial charge in [-0.2, -0.15) is 8.78 Å². The van der Waals surface area contributed by atoms with E-state index in [9.17, 15) is 18.4 Å². The van der Waals surface area contributed by atoms with Gasteiger partial charge < -0.3 is 9.47 Å². The first kappa shape index (κ1) is 15.9. The zero-order chi connectivity index (χ0) is 15.3. The van der Waals surface area contributed by atoms with Crippen molar-refractivity contribution in [2.75, 3.05) is 6.61 Å². The highest BCUT2D eigenvalue weighted by atomic mass is 19.3. The minimum absolute atomic E-state index is 0.180. The van der Waals surface area contributed by atoms with E-state index >= 15 is 0 Å². The Morgan fingerprint density at radius 1 is 1.30 bits per heavy atom. The lowest BCUT2D eigenvalue weighted by molar-refractivity contribution is -0.173. The van der Waals surface area contributed by atoms with Crippen LogP contribution in [0, 0.1) is 0 Å². The largest absolute Gasteiger partial charge is 0.461 e. The fourth-order valence-corrected chi connectivity index (χ4v) is 1.20. The van der Waals surface area contributed by atoms with Gasteiger partial charge in [-0.3, -0.25) is 4.98 Å². The van der Waals surface area contributed by atoms with Crippen LogP contribution in [0.25, 0.3) is 0 Å². The van der Waals surface area contributed by atoms with Gasteiger partial charge in [0.25, 0.3) is 0 Å². The van der Waals surface area contributed by atoms with Gasteiger partial charge in [0, 0.05) is 0 Å². The summed E-state index contributed by atoms with van der Waals surface area (Å²) >= 11 is 0. The summed E-state index contributed by atoms with van der Waals surface area (Å²) in [4.78, 5) is 29.4. The molecule has 1 rings (SSSR count). The highest BCUT2D eigenvalue weighted by molar-refractivity contribution is 5.87. The number of carbonyl (C=O) groups is 2. The SMILES string of the molecule is CCOC(=O)C(F)(F)c1cnc(C(=O)OC(C)C)cn1. The third-order valence-electron chi connectivity index (χ3n) is 2.06. The normalized spacial score (nSPS) is 11.3. The molecule has 0 fully saturated rings. The second-order valence-electron chi connectivity index (χ2n) is 4.04. The molecule has 0 aliphatic carbocycles. The number of carbonyl (C=O) groups excluding carboxylic acids is 2. The van der Waals surface area contributed by atoms with Gasteiger partial charge >= 0.3 is 17.9 Å². The maximum Gasteiger partial charge on any atom is 0.385 e. The summed E-state index contributed by atoms with van der Waals surface area (Å²) in [5.74, 6) is -6.41. The fraction of sp³-hybridized carbons (Fsp3) is 0.500. The quantitative estimate of drug-likeness (QED) is 0.767. The summed E-state index contributed by atoms with van der Waals surface area (Å²) in [7, 11) is 0. The zero-order valence-corrected chi connectivity index (χ0v) is 11.2. The number of alkyl halides is 2. The second-order valence-corrected chi connectivity index (χ2v) is 4.04. The number of hydrogen-bond donors (Lipinski definition) is 0. The van der Waals surface area contributed by atoms with E-state index in [1.165, 1.54) is 6.92 Å². The Hall–Kier alpha value is -2.12. The Bertz CT molecular complexity index is 489. The summed E-state index contributed by atoms with van der Waals surface area (Å²) in [5.41, 5.74) is -1.11. The van der Waals surface area contributed by atoms with Crippen LogP contribution in [0.15, 0.2) is 12.4 Å². The molecule has 0 amide bonds. The first-order valence-corrected chi connectivity index (χ1v) is 5.87. The van der Waals surface area contributed by atoms with Crippen molar-refractivity contribution in [1.29, 1.82) is 0 Å². The van der Waals surface area contributed by atoms with Gasteiger partial charge in [0.05, 0.1) is 25.1 Å². The maximum absolute atomic E-state index is 13.6. The number of aromatic nitrogens is 2. The lowest BCUT2D eigenvalue weighted by Crippen LogP contribution is -2.29. The van der Waals surface area contributed by atoms with Gasteiger partial charge in [0.2, 0.25) is 0 Å². The minimum Gasteiger partial charge on any atom is -0.461 e. The molecule has 0 aliphatic heterocycles. The Morgan fingerprint density at radius 3 is 2.40 bits per heavy atom. The van der Waals surface area contributed by atoms with Crippen molar-refractivity contribution in [3.8, 4) is 0 Å². The number of nitrogens with zero attached hydrogens (tertiary/aromatic N) is 2. The van der Waals surface area contributed by atoms with Gasteiger partial charge in [-0.05, 0) is 20.8 Å². The van der Waals surface area contributed by atoms with Crippen molar-refractivity contribution in [3.63, 3.8) is 0 Å². The number of esters is 2. The Labute approximate surface area is 114 Å². The third kappa shape index (κ3) is 3.69. The predicted molar refractivity (Wildman–Crippen MR) is 63.1 cm³/mol. The smallest absolute Gasteiger partial charge is 0.385 e. The number of rotatable bonds is 5. The Kier molecular flexibility index (Phi) is 5.06. The molecule has 0 saturated carbocycles. The molecule has 1 aromatic rings. The molecule has 0 N–H and O–H groups in total. The molecule has 6 nitrogen and oxygen atoms in total. The molecule has 1 heterocycles. The van der Waals surface area contributed by atoms with Crippen molar-refractivity contribution < 1.29 is 27.8 Å². The van der Waals surface area contributed by atoms with Gasteiger partial charge in [-0.1, -0.05) is 0 Å². The lowest BCUT2D eigenvalue weighted by Gasteiger charge is -2.13. The molecule has 0 aromatic carbocycles. The van der Waals surface area contributed by atoms with Crippen LogP contribution >= 0.6 is 0 Å². The van der Waals surface area contributed by atoms with Gasteiger partial charge in [0.15, 0.2) is 5.69 Å². The molecular formula is C12H14F2N2O4. The summed E-state index contributed by atoms with van der Waals surface area (Å²) in [6.07, 6.45) is 1.10. The Balaban J connectivity index is 2.90. The molecule has 1 aromatic heterocycles. The summed E-state index contributed by atoms with van der Waals surface area (Å²) in [6, 6.07) is 0. The molecule has 8 heteroatoms. The van der Waals surface area contributed by atoms with Crippen LogP contribution in [0.2, 0.25) is 0 Å². The molecule has 0 spiro atoms. The van der Waals surface area contributed by atoms with Crippen LogP contribution in [0.5, 0.6) is 0 Å². The Morgan fingerprint density at radius 2 is 1.95 bits per heavy atom.